The Morgan fingerprint density at radius 1 is 1.29 bits per heavy atom. The van der Waals surface area contributed by atoms with E-state index in [1.54, 1.807) is 0 Å². The first-order valence-electron chi connectivity index (χ1n) is 7.33. The molecule has 0 spiro atoms. The minimum Gasteiger partial charge on any atom is -0.759 e. The Hall–Kier alpha value is -2.92. The first kappa shape index (κ1) is 21.4. The van der Waals surface area contributed by atoms with Gasteiger partial charge in [0, 0.05) is 13.1 Å². The Bertz CT molecular complexity index is 967. The third kappa shape index (κ3) is 5.08. The summed E-state index contributed by atoms with van der Waals surface area (Å²) in [5.41, 5.74) is -1.56. The molecule has 0 unspecified atom stereocenters. The molecule has 0 fully saturated rings. The molecule has 0 aliphatic rings. The van der Waals surface area contributed by atoms with Crippen molar-refractivity contribution in [2.75, 3.05) is 7.05 Å². The van der Waals surface area contributed by atoms with Crippen molar-refractivity contribution in [3.8, 4) is 11.5 Å². The van der Waals surface area contributed by atoms with Crippen LogP contribution in [0.25, 0.3) is 0 Å². The van der Waals surface area contributed by atoms with E-state index in [0.29, 0.717) is 6.07 Å². The molecule has 7 nitrogen and oxygen atoms in total. The van der Waals surface area contributed by atoms with Crippen LogP contribution in [0.2, 0.25) is 5.02 Å². The van der Waals surface area contributed by atoms with Gasteiger partial charge in [-0.2, -0.15) is 13.2 Å². The van der Waals surface area contributed by atoms with Crippen LogP contribution in [-0.4, -0.2) is 23.0 Å². The summed E-state index contributed by atoms with van der Waals surface area (Å²) in [6.45, 7) is 0. The van der Waals surface area contributed by atoms with Crippen LogP contribution >= 0.6 is 11.6 Å². The van der Waals surface area contributed by atoms with E-state index >= 15 is 0 Å². The molecule has 0 bridgehead atoms. The summed E-state index contributed by atoms with van der Waals surface area (Å²) >= 11 is 10.8. The molecule has 0 aliphatic heterocycles. The first-order chi connectivity index (χ1) is 13.0. The van der Waals surface area contributed by atoms with Gasteiger partial charge in [-0.3, -0.25) is 10.1 Å². The highest BCUT2D eigenvalue weighted by Gasteiger charge is 2.31. The molecule has 12 heteroatoms. The fraction of sp³-hybridized carbons (Fsp3) is 0.125. The molecule has 148 valence electrons. The van der Waals surface area contributed by atoms with E-state index in [0.717, 1.165) is 24.3 Å². The molecule has 0 heterocycles. The van der Waals surface area contributed by atoms with Crippen molar-refractivity contribution in [3.63, 3.8) is 0 Å². The highest BCUT2D eigenvalue weighted by atomic mass is 35.5. The van der Waals surface area contributed by atoms with E-state index in [9.17, 15) is 28.1 Å². The molecule has 0 radical (unpaired) electrons. The second-order valence-corrected chi connectivity index (χ2v) is 5.95. The van der Waals surface area contributed by atoms with Crippen molar-refractivity contribution in [3.05, 3.63) is 62.7 Å². The quantitative estimate of drug-likeness (QED) is 0.248. The zero-order valence-electron chi connectivity index (χ0n) is 13.9. The SMILES string of the molecule is CNC(=O)N=C([S-])c1cc(Oc2ccc(C(F)(F)F)cc2Cl)ccc1[N+](=O)[O-]. The summed E-state index contributed by atoms with van der Waals surface area (Å²) in [5.74, 6) is -0.111. The number of hydrogen-bond donors (Lipinski definition) is 1. The molecule has 2 aromatic carbocycles. The van der Waals surface area contributed by atoms with Crippen LogP contribution in [0.5, 0.6) is 11.5 Å². The van der Waals surface area contributed by atoms with Gasteiger partial charge in [0.15, 0.2) is 0 Å². The third-order valence-corrected chi connectivity index (χ3v) is 3.91. The summed E-state index contributed by atoms with van der Waals surface area (Å²) in [6.07, 6.45) is -4.57. The van der Waals surface area contributed by atoms with E-state index < -0.39 is 28.4 Å². The Kier molecular flexibility index (Phi) is 6.41. The second kappa shape index (κ2) is 8.40. The maximum Gasteiger partial charge on any atom is 0.416 e. The first-order valence-corrected chi connectivity index (χ1v) is 8.12. The Balaban J connectivity index is 2.43. The fourth-order valence-electron chi connectivity index (χ4n) is 2.00. The van der Waals surface area contributed by atoms with Crippen LogP contribution < -0.4 is 10.1 Å². The smallest absolute Gasteiger partial charge is 0.416 e. The number of nitro benzene ring substituents is 1. The topological polar surface area (TPSA) is 93.8 Å². The number of nitrogens with one attached hydrogen (secondary N) is 1. The van der Waals surface area contributed by atoms with Crippen LogP contribution in [-0.2, 0) is 18.8 Å². The van der Waals surface area contributed by atoms with Crippen molar-refractivity contribution in [1.29, 1.82) is 0 Å². The van der Waals surface area contributed by atoms with Crippen molar-refractivity contribution in [1.82, 2.24) is 5.32 Å². The zero-order valence-corrected chi connectivity index (χ0v) is 15.5. The number of hydrogen-bond acceptors (Lipinski definition) is 5. The van der Waals surface area contributed by atoms with Gasteiger partial charge in [-0.15, -0.1) is 0 Å². The molecule has 2 aromatic rings. The summed E-state index contributed by atoms with van der Waals surface area (Å²) in [6, 6.07) is 5.08. The van der Waals surface area contributed by atoms with E-state index in [-0.39, 0.29) is 27.1 Å². The van der Waals surface area contributed by atoms with Gasteiger partial charge in [0.1, 0.15) is 11.5 Å². The summed E-state index contributed by atoms with van der Waals surface area (Å²) in [4.78, 5) is 25.3. The Morgan fingerprint density at radius 2 is 1.96 bits per heavy atom. The number of carbonyl (C=O) groups is 1. The monoisotopic (exact) mass is 432 g/mol. The molecule has 2 rings (SSSR count). The number of carbonyl (C=O) groups excluding carboxylic acids is 1. The molecule has 28 heavy (non-hydrogen) atoms. The van der Waals surface area contributed by atoms with Gasteiger partial charge in [0.05, 0.1) is 21.1 Å². The van der Waals surface area contributed by atoms with Crippen molar-refractivity contribution >= 4 is 41.0 Å². The van der Waals surface area contributed by atoms with Crippen molar-refractivity contribution < 1.29 is 27.6 Å². The molecular formula is C16H10ClF3N3O4S-. The minimum atomic E-state index is -4.57. The average molecular weight is 433 g/mol. The van der Waals surface area contributed by atoms with Gasteiger partial charge in [0.2, 0.25) is 0 Å². The molecule has 0 aromatic heterocycles. The fourth-order valence-corrected chi connectivity index (χ4v) is 2.47. The maximum absolute atomic E-state index is 12.7. The van der Waals surface area contributed by atoms with Gasteiger partial charge in [-0.25, -0.2) is 9.79 Å². The Morgan fingerprint density at radius 3 is 2.50 bits per heavy atom. The third-order valence-electron chi connectivity index (χ3n) is 3.30. The van der Waals surface area contributed by atoms with Gasteiger partial charge in [-0.1, -0.05) is 16.6 Å². The number of aliphatic imine (C=N–C) groups is 1. The summed E-state index contributed by atoms with van der Waals surface area (Å²) in [5, 5.41) is 12.7. The van der Waals surface area contributed by atoms with Crippen LogP contribution in [0.4, 0.5) is 23.7 Å². The molecular weight excluding hydrogens is 423 g/mol. The number of halogens is 4. The lowest BCUT2D eigenvalue weighted by atomic mass is 10.1. The van der Waals surface area contributed by atoms with E-state index in [2.05, 4.69) is 10.3 Å². The standard InChI is InChI=1S/C16H11ClF3N3O4S/c1-21-15(24)22-14(28)10-7-9(3-4-12(10)23(25)26)27-13-5-2-8(6-11(13)17)16(18,19)20/h2-7H,1H3,(H2,21,22,24,28)/p-1. The number of nitrogens with zero attached hydrogens (tertiary/aromatic N) is 2. The number of urea groups is 1. The zero-order chi connectivity index (χ0) is 21.1. The summed E-state index contributed by atoms with van der Waals surface area (Å²) in [7, 11) is 1.30. The van der Waals surface area contributed by atoms with Crippen molar-refractivity contribution in [2.24, 2.45) is 4.99 Å². The number of amides is 2. The Labute approximate surface area is 166 Å². The lowest BCUT2D eigenvalue weighted by Crippen LogP contribution is -2.15. The van der Waals surface area contributed by atoms with Gasteiger partial charge < -0.3 is 22.7 Å². The molecule has 0 atom stereocenters. The lowest BCUT2D eigenvalue weighted by molar-refractivity contribution is -0.385. The minimum absolute atomic E-state index is 0.00304. The highest BCUT2D eigenvalue weighted by Crippen LogP contribution is 2.37. The number of alkyl halides is 3. The number of benzene rings is 2. The molecule has 0 saturated carbocycles. The van der Waals surface area contributed by atoms with Crippen LogP contribution in [0.15, 0.2) is 41.4 Å². The predicted molar refractivity (Wildman–Crippen MR) is 98.0 cm³/mol. The van der Waals surface area contributed by atoms with E-state index in [4.69, 9.17) is 29.0 Å². The largest absolute Gasteiger partial charge is 0.759 e. The normalized spacial score (nSPS) is 11.8. The maximum atomic E-state index is 12.7. The summed E-state index contributed by atoms with van der Waals surface area (Å²) < 4.78 is 43.5. The lowest BCUT2D eigenvalue weighted by Gasteiger charge is -2.14. The average Bonchev–Trinajstić information content (AvgIpc) is 2.62. The van der Waals surface area contributed by atoms with Crippen LogP contribution in [0, 0.1) is 10.1 Å². The van der Waals surface area contributed by atoms with Crippen LogP contribution in [0.3, 0.4) is 0 Å². The molecule has 2 amide bonds. The predicted octanol–water partition coefficient (Wildman–Crippen LogP) is 4.69. The number of nitro groups is 1. The second-order valence-electron chi connectivity index (χ2n) is 5.15. The van der Waals surface area contributed by atoms with E-state index in [1.807, 2.05) is 0 Å². The number of rotatable bonds is 4. The molecule has 0 aliphatic carbocycles. The number of ether oxygens (including phenoxy) is 1. The molecule has 0 saturated heterocycles. The van der Waals surface area contributed by atoms with Gasteiger partial charge >= 0.3 is 12.2 Å². The van der Waals surface area contributed by atoms with E-state index in [1.165, 1.54) is 13.1 Å². The van der Waals surface area contributed by atoms with Gasteiger partial charge in [-0.05, 0) is 30.3 Å². The van der Waals surface area contributed by atoms with Gasteiger partial charge in [0.25, 0.3) is 5.69 Å². The van der Waals surface area contributed by atoms with Crippen molar-refractivity contribution in [2.45, 2.75) is 6.18 Å². The molecule has 1 N–H and O–H groups in total. The highest BCUT2D eigenvalue weighted by molar-refractivity contribution is 7.78. The van der Waals surface area contributed by atoms with Crippen LogP contribution in [0.1, 0.15) is 11.1 Å².